The Balaban J connectivity index is 0.00000338. The zero-order valence-corrected chi connectivity index (χ0v) is 17.6. The van der Waals surface area contributed by atoms with Gasteiger partial charge in [-0.3, -0.25) is 9.78 Å². The summed E-state index contributed by atoms with van der Waals surface area (Å²) < 4.78 is 0. The molecule has 0 N–H and O–H groups in total. The van der Waals surface area contributed by atoms with Crippen LogP contribution >= 0.6 is 24.8 Å². The minimum Gasteiger partial charge on any atom is -0.332 e. The average Bonchev–Trinajstić information content (AvgIpc) is 2.67. The zero-order chi connectivity index (χ0) is 17.9. The molecule has 0 fully saturated rings. The number of halogens is 2. The van der Waals surface area contributed by atoms with E-state index in [1.165, 1.54) is 0 Å². The van der Waals surface area contributed by atoms with Crippen LogP contribution in [0.4, 0.5) is 0 Å². The van der Waals surface area contributed by atoms with Gasteiger partial charge in [0.25, 0.3) is 0 Å². The van der Waals surface area contributed by atoms with Crippen LogP contribution in [-0.4, -0.2) is 46.9 Å². The van der Waals surface area contributed by atoms with Crippen LogP contribution in [0.3, 0.4) is 0 Å². The molecular formula is C21H29Cl2N3O. The summed E-state index contributed by atoms with van der Waals surface area (Å²) in [6.45, 7) is 8.35. The second kappa shape index (κ2) is 14.2. The Kier molecular flexibility index (Phi) is 13.2. The maximum absolute atomic E-state index is 12.7. The van der Waals surface area contributed by atoms with Crippen LogP contribution in [0.25, 0.3) is 6.08 Å². The van der Waals surface area contributed by atoms with Crippen LogP contribution in [0.5, 0.6) is 0 Å². The lowest BCUT2D eigenvalue weighted by molar-refractivity contribution is -0.126. The number of hydrogen-bond acceptors (Lipinski definition) is 3. The number of rotatable bonds is 9. The van der Waals surface area contributed by atoms with Crippen molar-refractivity contribution in [3.8, 4) is 0 Å². The second-order valence-electron chi connectivity index (χ2n) is 5.85. The molecule has 2 rings (SSSR count). The van der Waals surface area contributed by atoms with E-state index in [9.17, 15) is 4.79 Å². The van der Waals surface area contributed by atoms with Gasteiger partial charge in [-0.15, -0.1) is 24.8 Å². The Morgan fingerprint density at radius 2 is 1.63 bits per heavy atom. The number of pyridine rings is 1. The van der Waals surface area contributed by atoms with E-state index in [0.29, 0.717) is 13.1 Å². The second-order valence-corrected chi connectivity index (χ2v) is 5.85. The Bertz CT molecular complexity index is 662. The summed E-state index contributed by atoms with van der Waals surface area (Å²) in [5.74, 6) is 0.0154. The Hall–Kier alpha value is -1.88. The zero-order valence-electron chi connectivity index (χ0n) is 16.0. The Morgan fingerprint density at radius 1 is 0.963 bits per heavy atom. The lowest BCUT2D eigenvalue weighted by Gasteiger charge is -2.25. The summed E-state index contributed by atoms with van der Waals surface area (Å²) in [7, 11) is 0. The Morgan fingerprint density at radius 3 is 2.22 bits per heavy atom. The molecule has 1 amide bonds. The standard InChI is InChI=1S/C21H27N3O.2ClH/c1-3-23(4-2)16-17-24(18-20-12-8-9-15-22-20)21(25)14-13-19-10-6-5-7-11-19;;/h5-15H,3-4,16-18H2,1-2H3;2*1H/b14-13+;;. The molecule has 148 valence electrons. The van der Waals surface area contributed by atoms with Crippen LogP contribution in [0.1, 0.15) is 25.1 Å². The van der Waals surface area contributed by atoms with Gasteiger partial charge in [-0.2, -0.15) is 0 Å². The van der Waals surface area contributed by atoms with Gasteiger partial charge in [-0.05, 0) is 36.9 Å². The molecular weight excluding hydrogens is 381 g/mol. The predicted molar refractivity (Wildman–Crippen MR) is 117 cm³/mol. The first-order chi connectivity index (χ1) is 12.2. The van der Waals surface area contributed by atoms with Gasteiger partial charge in [0.2, 0.25) is 5.91 Å². The van der Waals surface area contributed by atoms with Crippen molar-refractivity contribution in [2.45, 2.75) is 20.4 Å². The average molecular weight is 410 g/mol. The molecule has 0 aliphatic heterocycles. The molecule has 0 aliphatic rings. The summed E-state index contributed by atoms with van der Waals surface area (Å²) in [5.41, 5.74) is 1.93. The van der Waals surface area contributed by atoms with Gasteiger partial charge in [-0.25, -0.2) is 0 Å². The van der Waals surface area contributed by atoms with E-state index in [4.69, 9.17) is 0 Å². The molecule has 1 aromatic heterocycles. The van der Waals surface area contributed by atoms with Crippen molar-refractivity contribution in [2.75, 3.05) is 26.2 Å². The monoisotopic (exact) mass is 409 g/mol. The van der Waals surface area contributed by atoms with Crippen molar-refractivity contribution in [1.82, 2.24) is 14.8 Å². The van der Waals surface area contributed by atoms with Crippen LogP contribution in [0.15, 0.2) is 60.8 Å². The molecule has 0 aliphatic carbocycles. The number of hydrogen-bond donors (Lipinski definition) is 0. The maximum Gasteiger partial charge on any atom is 0.246 e. The molecule has 0 radical (unpaired) electrons. The third-order valence-corrected chi connectivity index (χ3v) is 4.19. The summed E-state index contributed by atoms with van der Waals surface area (Å²) in [6.07, 6.45) is 5.29. The van der Waals surface area contributed by atoms with Crippen LogP contribution < -0.4 is 0 Å². The highest BCUT2D eigenvalue weighted by atomic mass is 35.5. The maximum atomic E-state index is 12.7. The molecule has 27 heavy (non-hydrogen) atoms. The molecule has 0 saturated carbocycles. The number of benzene rings is 1. The van der Waals surface area contributed by atoms with E-state index in [1.807, 2.05) is 59.5 Å². The van der Waals surface area contributed by atoms with Crippen LogP contribution in [-0.2, 0) is 11.3 Å². The normalized spacial score (nSPS) is 10.3. The van der Waals surface area contributed by atoms with E-state index >= 15 is 0 Å². The van der Waals surface area contributed by atoms with Crippen molar-refractivity contribution in [1.29, 1.82) is 0 Å². The minimum absolute atomic E-state index is 0. The number of carbonyl (C=O) groups is 1. The highest BCUT2D eigenvalue weighted by Crippen LogP contribution is 2.06. The van der Waals surface area contributed by atoms with E-state index in [-0.39, 0.29) is 30.7 Å². The van der Waals surface area contributed by atoms with Gasteiger partial charge in [-0.1, -0.05) is 50.2 Å². The SMILES string of the molecule is CCN(CC)CCN(Cc1ccccn1)C(=O)/C=C/c1ccccc1.Cl.Cl. The number of amides is 1. The van der Waals surface area contributed by atoms with Gasteiger partial charge in [0.1, 0.15) is 0 Å². The Labute approximate surface area is 175 Å². The third-order valence-electron chi connectivity index (χ3n) is 4.19. The minimum atomic E-state index is 0. The van der Waals surface area contributed by atoms with Gasteiger partial charge in [0.15, 0.2) is 0 Å². The van der Waals surface area contributed by atoms with Gasteiger partial charge >= 0.3 is 0 Å². The summed E-state index contributed by atoms with van der Waals surface area (Å²) in [5, 5.41) is 0. The molecule has 0 atom stereocenters. The fourth-order valence-corrected chi connectivity index (χ4v) is 2.59. The first-order valence-corrected chi connectivity index (χ1v) is 8.87. The number of likely N-dealkylation sites (N-methyl/N-ethyl adjacent to an activating group) is 1. The first-order valence-electron chi connectivity index (χ1n) is 8.87. The molecule has 0 bridgehead atoms. The number of aromatic nitrogens is 1. The lowest BCUT2D eigenvalue weighted by Crippen LogP contribution is -2.37. The molecule has 4 nitrogen and oxygen atoms in total. The first kappa shape index (κ1) is 25.1. The molecule has 1 heterocycles. The van der Waals surface area contributed by atoms with Gasteiger partial charge in [0.05, 0.1) is 12.2 Å². The third kappa shape index (κ3) is 9.05. The molecule has 0 spiro atoms. The smallest absolute Gasteiger partial charge is 0.246 e. The predicted octanol–water partition coefficient (Wildman–Crippen LogP) is 4.31. The number of carbonyl (C=O) groups excluding carboxylic acids is 1. The molecule has 1 aromatic carbocycles. The quantitative estimate of drug-likeness (QED) is 0.578. The summed E-state index contributed by atoms with van der Waals surface area (Å²) >= 11 is 0. The summed E-state index contributed by atoms with van der Waals surface area (Å²) in [4.78, 5) is 21.2. The number of nitrogens with zero attached hydrogens (tertiary/aromatic N) is 3. The van der Waals surface area contributed by atoms with E-state index in [0.717, 1.165) is 30.9 Å². The van der Waals surface area contributed by atoms with E-state index in [2.05, 4.69) is 23.7 Å². The van der Waals surface area contributed by atoms with Crippen molar-refractivity contribution < 1.29 is 4.79 Å². The molecule has 6 heteroatoms. The topological polar surface area (TPSA) is 36.4 Å². The van der Waals surface area contributed by atoms with Crippen molar-refractivity contribution in [3.05, 3.63) is 72.1 Å². The fourth-order valence-electron chi connectivity index (χ4n) is 2.59. The van der Waals surface area contributed by atoms with E-state index in [1.54, 1.807) is 12.3 Å². The van der Waals surface area contributed by atoms with Gasteiger partial charge in [0, 0.05) is 25.4 Å². The lowest BCUT2D eigenvalue weighted by atomic mass is 10.2. The highest BCUT2D eigenvalue weighted by molar-refractivity contribution is 5.91. The van der Waals surface area contributed by atoms with Crippen molar-refractivity contribution in [3.63, 3.8) is 0 Å². The largest absolute Gasteiger partial charge is 0.332 e. The van der Waals surface area contributed by atoms with Crippen LogP contribution in [0, 0.1) is 0 Å². The van der Waals surface area contributed by atoms with E-state index < -0.39 is 0 Å². The van der Waals surface area contributed by atoms with Crippen molar-refractivity contribution in [2.24, 2.45) is 0 Å². The molecule has 0 saturated heterocycles. The molecule has 2 aromatic rings. The van der Waals surface area contributed by atoms with Crippen LogP contribution in [0.2, 0.25) is 0 Å². The fraction of sp³-hybridized carbons (Fsp3) is 0.333. The highest BCUT2D eigenvalue weighted by Gasteiger charge is 2.13. The van der Waals surface area contributed by atoms with Gasteiger partial charge < -0.3 is 9.80 Å². The van der Waals surface area contributed by atoms with Crippen molar-refractivity contribution >= 4 is 36.8 Å². The summed E-state index contributed by atoms with van der Waals surface area (Å²) in [6, 6.07) is 15.7. The molecule has 0 unspecified atom stereocenters.